The van der Waals surface area contributed by atoms with Crippen molar-refractivity contribution in [3.8, 4) is 6.07 Å². The summed E-state index contributed by atoms with van der Waals surface area (Å²) < 4.78 is 10.8. The van der Waals surface area contributed by atoms with Crippen LogP contribution in [-0.4, -0.2) is 26.4 Å². The van der Waals surface area contributed by atoms with Crippen molar-refractivity contribution in [2.45, 2.75) is 32.1 Å². The quantitative estimate of drug-likeness (QED) is 0.612. The summed E-state index contributed by atoms with van der Waals surface area (Å²) in [6.45, 7) is 3.46. The van der Waals surface area contributed by atoms with Crippen LogP contribution in [0.25, 0.3) is 0 Å². The Bertz CT molecular complexity index is 171. The Balaban J connectivity index is 1.85. The number of nitriles is 1. The lowest BCUT2D eigenvalue weighted by Gasteiger charge is -2.21. The van der Waals surface area contributed by atoms with Crippen molar-refractivity contribution >= 4 is 0 Å². The molecular weight excluding hydrogens is 178 g/mol. The summed E-state index contributed by atoms with van der Waals surface area (Å²) in [4.78, 5) is 0. The third-order valence-corrected chi connectivity index (χ3v) is 2.52. The van der Waals surface area contributed by atoms with Gasteiger partial charge in [-0.1, -0.05) is 0 Å². The average molecular weight is 197 g/mol. The van der Waals surface area contributed by atoms with Crippen LogP contribution in [0.1, 0.15) is 32.1 Å². The van der Waals surface area contributed by atoms with E-state index in [4.69, 9.17) is 14.7 Å². The van der Waals surface area contributed by atoms with Crippen molar-refractivity contribution in [3.63, 3.8) is 0 Å². The zero-order chi connectivity index (χ0) is 10.1. The van der Waals surface area contributed by atoms with Crippen LogP contribution < -0.4 is 0 Å². The fraction of sp³-hybridized carbons (Fsp3) is 0.909. The highest BCUT2D eigenvalue weighted by atomic mass is 16.5. The van der Waals surface area contributed by atoms with Gasteiger partial charge in [0.2, 0.25) is 0 Å². The van der Waals surface area contributed by atoms with E-state index in [0.29, 0.717) is 12.3 Å². The monoisotopic (exact) mass is 197 g/mol. The molecule has 0 unspecified atom stereocenters. The molecule has 3 heteroatoms. The van der Waals surface area contributed by atoms with Crippen molar-refractivity contribution in [1.82, 2.24) is 0 Å². The van der Waals surface area contributed by atoms with Crippen molar-refractivity contribution in [3.05, 3.63) is 0 Å². The van der Waals surface area contributed by atoms with Gasteiger partial charge in [-0.05, 0) is 31.6 Å². The number of hydrogen-bond acceptors (Lipinski definition) is 3. The summed E-state index contributed by atoms with van der Waals surface area (Å²) in [6, 6.07) is 2.14. The summed E-state index contributed by atoms with van der Waals surface area (Å²) in [5.41, 5.74) is 0. The fourth-order valence-electron chi connectivity index (χ4n) is 1.57. The molecule has 0 atom stereocenters. The minimum atomic E-state index is 0.653. The van der Waals surface area contributed by atoms with Gasteiger partial charge in [-0.2, -0.15) is 5.26 Å². The molecule has 1 aliphatic heterocycles. The van der Waals surface area contributed by atoms with Crippen molar-refractivity contribution in [2.75, 3.05) is 26.4 Å². The van der Waals surface area contributed by atoms with Crippen LogP contribution in [0.3, 0.4) is 0 Å². The first-order valence-electron chi connectivity index (χ1n) is 5.46. The first-order chi connectivity index (χ1) is 6.93. The molecule has 0 aromatic rings. The lowest BCUT2D eigenvalue weighted by atomic mass is 10.0. The molecule has 0 bridgehead atoms. The Kier molecular flexibility index (Phi) is 6.38. The van der Waals surface area contributed by atoms with Crippen molar-refractivity contribution < 1.29 is 9.47 Å². The largest absolute Gasteiger partial charge is 0.381 e. The van der Waals surface area contributed by atoms with Gasteiger partial charge in [0.05, 0.1) is 6.07 Å². The first-order valence-corrected chi connectivity index (χ1v) is 5.46. The zero-order valence-electron chi connectivity index (χ0n) is 8.71. The molecule has 0 aromatic heterocycles. The highest BCUT2D eigenvalue weighted by Gasteiger charge is 2.13. The van der Waals surface area contributed by atoms with Gasteiger partial charge in [-0.25, -0.2) is 0 Å². The molecule has 1 heterocycles. The van der Waals surface area contributed by atoms with E-state index in [1.807, 2.05) is 0 Å². The summed E-state index contributed by atoms with van der Waals surface area (Å²) in [7, 11) is 0. The molecule has 1 rings (SSSR count). The van der Waals surface area contributed by atoms with Crippen molar-refractivity contribution in [1.29, 1.82) is 5.26 Å². The van der Waals surface area contributed by atoms with Gasteiger partial charge in [0.15, 0.2) is 0 Å². The summed E-state index contributed by atoms with van der Waals surface area (Å²) in [5, 5.41) is 8.32. The van der Waals surface area contributed by atoms with Gasteiger partial charge < -0.3 is 9.47 Å². The second-order valence-electron chi connectivity index (χ2n) is 3.75. The Morgan fingerprint density at radius 3 is 2.79 bits per heavy atom. The Morgan fingerprint density at radius 1 is 1.29 bits per heavy atom. The number of hydrogen-bond donors (Lipinski definition) is 0. The van der Waals surface area contributed by atoms with Gasteiger partial charge in [-0.15, -0.1) is 0 Å². The van der Waals surface area contributed by atoms with Crippen LogP contribution >= 0.6 is 0 Å². The zero-order valence-corrected chi connectivity index (χ0v) is 8.71. The predicted molar refractivity (Wildman–Crippen MR) is 53.8 cm³/mol. The minimum absolute atomic E-state index is 0.653. The van der Waals surface area contributed by atoms with E-state index >= 15 is 0 Å². The van der Waals surface area contributed by atoms with Crippen LogP contribution in [0.5, 0.6) is 0 Å². The van der Waals surface area contributed by atoms with E-state index in [1.54, 1.807) is 0 Å². The van der Waals surface area contributed by atoms with Crippen LogP contribution in [-0.2, 0) is 9.47 Å². The molecule has 14 heavy (non-hydrogen) atoms. The third-order valence-electron chi connectivity index (χ3n) is 2.52. The topological polar surface area (TPSA) is 42.2 Å². The van der Waals surface area contributed by atoms with E-state index in [2.05, 4.69) is 6.07 Å². The number of nitrogens with zero attached hydrogens (tertiary/aromatic N) is 1. The SMILES string of the molecule is N#CCCCCOCC1CCOCC1. The third kappa shape index (κ3) is 5.21. The molecule has 0 aliphatic carbocycles. The second kappa shape index (κ2) is 7.78. The maximum Gasteiger partial charge on any atom is 0.0621 e. The lowest BCUT2D eigenvalue weighted by Crippen LogP contribution is -2.20. The van der Waals surface area contributed by atoms with Crippen LogP contribution in [0.2, 0.25) is 0 Å². The molecule has 1 aliphatic rings. The van der Waals surface area contributed by atoms with E-state index < -0.39 is 0 Å². The Morgan fingerprint density at radius 2 is 2.07 bits per heavy atom. The van der Waals surface area contributed by atoms with Gasteiger partial charge in [0.25, 0.3) is 0 Å². The normalized spacial score (nSPS) is 17.9. The molecular formula is C11H19NO2. The summed E-state index contributed by atoms with van der Waals surface area (Å²) in [6.07, 6.45) is 4.90. The van der Waals surface area contributed by atoms with Crippen molar-refractivity contribution in [2.24, 2.45) is 5.92 Å². The molecule has 0 saturated carbocycles. The first kappa shape index (κ1) is 11.5. The molecule has 3 nitrogen and oxygen atoms in total. The Labute approximate surface area is 86.0 Å². The van der Waals surface area contributed by atoms with E-state index in [1.165, 1.54) is 0 Å². The van der Waals surface area contributed by atoms with E-state index in [0.717, 1.165) is 52.1 Å². The van der Waals surface area contributed by atoms with E-state index in [9.17, 15) is 0 Å². The molecule has 1 fully saturated rings. The van der Waals surface area contributed by atoms with Crippen LogP contribution in [0.15, 0.2) is 0 Å². The number of ether oxygens (including phenoxy) is 2. The molecule has 0 N–H and O–H groups in total. The summed E-state index contributed by atoms with van der Waals surface area (Å²) in [5.74, 6) is 0.694. The van der Waals surface area contributed by atoms with Gasteiger partial charge in [-0.3, -0.25) is 0 Å². The Hall–Kier alpha value is -0.590. The summed E-state index contributed by atoms with van der Waals surface area (Å²) >= 11 is 0. The number of unbranched alkanes of at least 4 members (excludes halogenated alkanes) is 2. The van der Waals surface area contributed by atoms with Crippen LogP contribution in [0, 0.1) is 17.2 Å². The fourth-order valence-corrected chi connectivity index (χ4v) is 1.57. The maximum absolute atomic E-state index is 8.32. The number of rotatable bonds is 6. The van der Waals surface area contributed by atoms with E-state index in [-0.39, 0.29) is 0 Å². The maximum atomic E-state index is 8.32. The smallest absolute Gasteiger partial charge is 0.0621 e. The molecule has 0 amide bonds. The van der Waals surface area contributed by atoms with Gasteiger partial charge in [0.1, 0.15) is 0 Å². The minimum Gasteiger partial charge on any atom is -0.381 e. The van der Waals surface area contributed by atoms with Gasteiger partial charge in [0, 0.05) is 32.8 Å². The second-order valence-corrected chi connectivity index (χ2v) is 3.75. The molecule has 80 valence electrons. The van der Waals surface area contributed by atoms with Gasteiger partial charge >= 0.3 is 0 Å². The highest BCUT2D eigenvalue weighted by Crippen LogP contribution is 2.14. The molecule has 0 radical (unpaired) electrons. The average Bonchev–Trinajstić information content (AvgIpc) is 2.25. The lowest BCUT2D eigenvalue weighted by molar-refractivity contribution is 0.0199. The molecule has 0 spiro atoms. The van der Waals surface area contributed by atoms with Crippen LogP contribution in [0.4, 0.5) is 0 Å². The standard InChI is InChI=1S/C11H19NO2/c12-6-2-1-3-7-14-10-11-4-8-13-9-5-11/h11H,1-5,7-10H2. The predicted octanol–water partition coefficient (Wildman–Crippen LogP) is 2.12. The highest BCUT2D eigenvalue weighted by molar-refractivity contribution is 4.67. The molecule has 0 aromatic carbocycles. The molecule has 1 saturated heterocycles.